The molecule has 0 aromatic carbocycles. The summed E-state index contributed by atoms with van der Waals surface area (Å²) in [7, 11) is 0. The Hall–Kier alpha value is -1.09. The number of hydrogen-bond donors (Lipinski definition) is 1. The fraction of sp³-hybridized carbons (Fsp3) is 0.688. The predicted octanol–water partition coefficient (Wildman–Crippen LogP) is 3.15. The minimum Gasteiger partial charge on any atom is -0.354 e. The highest BCUT2D eigenvalue weighted by Gasteiger charge is 2.16. The molecular formula is C16H29N3. The predicted molar refractivity (Wildman–Crippen MR) is 83.6 cm³/mol. The van der Waals surface area contributed by atoms with Gasteiger partial charge in [-0.2, -0.15) is 0 Å². The first kappa shape index (κ1) is 16.0. The smallest absolute Gasteiger partial charge is 0.131 e. The lowest BCUT2D eigenvalue weighted by Gasteiger charge is -2.31. The minimum atomic E-state index is 0.184. The first-order valence-corrected chi connectivity index (χ1v) is 7.29. The maximum atomic E-state index is 5.85. The van der Waals surface area contributed by atoms with Crippen molar-refractivity contribution in [3.8, 4) is 0 Å². The monoisotopic (exact) mass is 263 g/mol. The highest BCUT2D eigenvalue weighted by Crippen LogP contribution is 2.21. The van der Waals surface area contributed by atoms with Gasteiger partial charge in [-0.25, -0.2) is 4.98 Å². The van der Waals surface area contributed by atoms with Crippen molar-refractivity contribution in [2.75, 3.05) is 11.4 Å². The number of nitrogens with zero attached hydrogens (tertiary/aromatic N) is 2. The molecule has 1 unspecified atom stereocenters. The Morgan fingerprint density at radius 3 is 2.26 bits per heavy atom. The van der Waals surface area contributed by atoms with Crippen molar-refractivity contribution in [1.82, 2.24) is 4.98 Å². The number of pyridine rings is 1. The van der Waals surface area contributed by atoms with Crippen molar-refractivity contribution in [3.05, 3.63) is 23.4 Å². The molecule has 108 valence electrons. The maximum absolute atomic E-state index is 5.85. The van der Waals surface area contributed by atoms with Crippen LogP contribution in [0.2, 0.25) is 0 Å². The van der Waals surface area contributed by atoms with Gasteiger partial charge in [-0.15, -0.1) is 0 Å². The SMILES string of the molecule is Cc1cc(CC(C)N)cnc1N(CC(C)C)C(C)C. The van der Waals surface area contributed by atoms with Crippen LogP contribution in [0.1, 0.15) is 45.7 Å². The van der Waals surface area contributed by atoms with Crippen LogP contribution in [0.5, 0.6) is 0 Å². The molecule has 0 spiro atoms. The number of anilines is 1. The average Bonchev–Trinajstić information content (AvgIpc) is 2.25. The van der Waals surface area contributed by atoms with Gasteiger partial charge in [0.25, 0.3) is 0 Å². The summed E-state index contributed by atoms with van der Waals surface area (Å²) < 4.78 is 0. The van der Waals surface area contributed by atoms with E-state index in [1.54, 1.807) is 0 Å². The van der Waals surface area contributed by atoms with Crippen LogP contribution in [-0.2, 0) is 6.42 Å². The van der Waals surface area contributed by atoms with Gasteiger partial charge in [-0.3, -0.25) is 0 Å². The Labute approximate surface area is 118 Å². The van der Waals surface area contributed by atoms with E-state index in [1.165, 1.54) is 11.1 Å². The molecule has 0 radical (unpaired) electrons. The quantitative estimate of drug-likeness (QED) is 0.857. The van der Waals surface area contributed by atoms with Crippen LogP contribution in [0, 0.1) is 12.8 Å². The second-order valence-corrected chi connectivity index (χ2v) is 6.31. The van der Waals surface area contributed by atoms with Gasteiger partial charge in [0.05, 0.1) is 0 Å². The fourth-order valence-electron chi connectivity index (χ4n) is 2.35. The summed E-state index contributed by atoms with van der Waals surface area (Å²) >= 11 is 0. The number of rotatable bonds is 6. The normalized spacial score (nSPS) is 13.1. The highest BCUT2D eigenvalue weighted by molar-refractivity contribution is 5.48. The summed E-state index contributed by atoms with van der Waals surface area (Å²) in [5.74, 6) is 1.74. The van der Waals surface area contributed by atoms with E-state index >= 15 is 0 Å². The van der Waals surface area contributed by atoms with Gasteiger partial charge in [-0.1, -0.05) is 19.9 Å². The van der Waals surface area contributed by atoms with E-state index in [1.807, 2.05) is 13.1 Å². The Morgan fingerprint density at radius 2 is 1.84 bits per heavy atom. The van der Waals surface area contributed by atoms with E-state index in [9.17, 15) is 0 Å². The third-order valence-corrected chi connectivity index (χ3v) is 3.12. The molecule has 0 aliphatic rings. The Balaban J connectivity index is 2.98. The van der Waals surface area contributed by atoms with Crippen LogP contribution in [0.25, 0.3) is 0 Å². The first-order valence-electron chi connectivity index (χ1n) is 7.29. The van der Waals surface area contributed by atoms with Crippen molar-refractivity contribution in [3.63, 3.8) is 0 Å². The van der Waals surface area contributed by atoms with E-state index in [2.05, 4.69) is 50.6 Å². The minimum absolute atomic E-state index is 0.184. The molecule has 19 heavy (non-hydrogen) atoms. The van der Waals surface area contributed by atoms with Crippen LogP contribution < -0.4 is 10.6 Å². The number of nitrogens with two attached hydrogens (primary N) is 1. The lowest BCUT2D eigenvalue weighted by Crippen LogP contribution is -2.35. The van der Waals surface area contributed by atoms with Gasteiger partial charge < -0.3 is 10.6 Å². The average molecular weight is 263 g/mol. The van der Waals surface area contributed by atoms with Gasteiger partial charge in [0.15, 0.2) is 0 Å². The largest absolute Gasteiger partial charge is 0.354 e. The molecule has 2 N–H and O–H groups in total. The molecule has 0 saturated carbocycles. The molecule has 0 fully saturated rings. The van der Waals surface area contributed by atoms with Crippen molar-refractivity contribution in [1.29, 1.82) is 0 Å². The van der Waals surface area contributed by atoms with Gasteiger partial charge in [0.2, 0.25) is 0 Å². The summed E-state index contributed by atoms with van der Waals surface area (Å²) in [4.78, 5) is 7.06. The standard InChI is InChI=1S/C16H29N3/c1-11(2)10-19(12(3)4)16-13(5)7-15(9-18-16)8-14(6)17/h7,9,11-12,14H,8,10,17H2,1-6H3. The highest BCUT2D eigenvalue weighted by atomic mass is 15.2. The molecule has 3 nitrogen and oxygen atoms in total. The lowest BCUT2D eigenvalue weighted by molar-refractivity contribution is 0.565. The zero-order valence-corrected chi connectivity index (χ0v) is 13.3. The molecule has 0 saturated heterocycles. The molecular weight excluding hydrogens is 234 g/mol. The second kappa shape index (κ2) is 6.90. The third-order valence-electron chi connectivity index (χ3n) is 3.12. The summed E-state index contributed by atoms with van der Waals surface area (Å²) in [5.41, 5.74) is 8.32. The van der Waals surface area contributed by atoms with Crippen molar-refractivity contribution in [2.45, 2.75) is 60.0 Å². The van der Waals surface area contributed by atoms with E-state index in [0.717, 1.165) is 18.8 Å². The first-order chi connectivity index (χ1) is 8.81. The number of aromatic nitrogens is 1. The molecule has 1 aromatic rings. The van der Waals surface area contributed by atoms with E-state index in [0.29, 0.717) is 12.0 Å². The maximum Gasteiger partial charge on any atom is 0.131 e. The molecule has 0 amide bonds. The van der Waals surface area contributed by atoms with E-state index in [-0.39, 0.29) is 6.04 Å². The molecule has 3 heteroatoms. The van der Waals surface area contributed by atoms with E-state index in [4.69, 9.17) is 5.73 Å². The van der Waals surface area contributed by atoms with Crippen LogP contribution in [0.4, 0.5) is 5.82 Å². The summed E-state index contributed by atoms with van der Waals surface area (Å²) in [6, 6.07) is 2.87. The molecule has 1 atom stereocenters. The Morgan fingerprint density at radius 1 is 1.21 bits per heavy atom. The fourth-order valence-corrected chi connectivity index (χ4v) is 2.35. The Kier molecular flexibility index (Phi) is 5.80. The molecule has 1 heterocycles. The van der Waals surface area contributed by atoms with Gasteiger partial charge in [-0.05, 0) is 51.2 Å². The zero-order chi connectivity index (χ0) is 14.6. The van der Waals surface area contributed by atoms with Crippen LogP contribution in [0.3, 0.4) is 0 Å². The number of aryl methyl sites for hydroxylation is 1. The van der Waals surface area contributed by atoms with Crippen molar-refractivity contribution < 1.29 is 0 Å². The third kappa shape index (κ3) is 4.83. The van der Waals surface area contributed by atoms with E-state index < -0.39 is 0 Å². The van der Waals surface area contributed by atoms with Gasteiger partial charge >= 0.3 is 0 Å². The van der Waals surface area contributed by atoms with Gasteiger partial charge in [0, 0.05) is 24.8 Å². The molecule has 1 rings (SSSR count). The molecule has 0 aliphatic carbocycles. The summed E-state index contributed by atoms with van der Waals surface area (Å²) in [6.45, 7) is 14.1. The summed E-state index contributed by atoms with van der Waals surface area (Å²) in [5, 5.41) is 0. The van der Waals surface area contributed by atoms with Crippen LogP contribution in [0.15, 0.2) is 12.3 Å². The number of hydrogen-bond acceptors (Lipinski definition) is 3. The second-order valence-electron chi connectivity index (χ2n) is 6.31. The Bertz CT molecular complexity index is 397. The molecule has 0 aliphatic heterocycles. The topological polar surface area (TPSA) is 42.1 Å². The lowest BCUT2D eigenvalue weighted by atomic mass is 10.1. The van der Waals surface area contributed by atoms with Crippen molar-refractivity contribution in [2.24, 2.45) is 11.7 Å². The molecule has 0 bridgehead atoms. The molecule has 1 aromatic heterocycles. The van der Waals surface area contributed by atoms with Crippen molar-refractivity contribution >= 4 is 5.82 Å². The van der Waals surface area contributed by atoms with Crippen LogP contribution in [-0.4, -0.2) is 23.6 Å². The zero-order valence-electron chi connectivity index (χ0n) is 13.3. The van der Waals surface area contributed by atoms with Crippen LogP contribution >= 0.6 is 0 Å². The summed E-state index contributed by atoms with van der Waals surface area (Å²) in [6.07, 6.45) is 2.86. The van der Waals surface area contributed by atoms with Gasteiger partial charge in [0.1, 0.15) is 5.82 Å².